The van der Waals surface area contributed by atoms with Gasteiger partial charge in [0.25, 0.3) is 0 Å². The molecule has 1 fully saturated rings. The predicted molar refractivity (Wildman–Crippen MR) is 119 cm³/mol. The first-order valence-corrected chi connectivity index (χ1v) is 10.8. The van der Waals surface area contributed by atoms with Crippen LogP contribution in [-0.4, -0.2) is 18.2 Å². The lowest BCUT2D eigenvalue weighted by Gasteiger charge is -2.55. The van der Waals surface area contributed by atoms with Crippen LogP contribution in [0.15, 0.2) is 66.7 Å². The van der Waals surface area contributed by atoms with Crippen molar-refractivity contribution >= 4 is 16.6 Å². The average Bonchev–Trinajstić information content (AvgIpc) is 2.72. The molecule has 5 rings (SSSR count). The van der Waals surface area contributed by atoms with Crippen molar-refractivity contribution in [1.29, 1.82) is 0 Å². The molecule has 3 nitrogen and oxygen atoms in total. The molecule has 3 aromatic carbocycles. The van der Waals surface area contributed by atoms with E-state index in [1.807, 2.05) is 48.5 Å². The van der Waals surface area contributed by atoms with Gasteiger partial charge in [-0.25, -0.2) is 0 Å². The molecule has 3 heteroatoms. The summed E-state index contributed by atoms with van der Waals surface area (Å²) in [5, 5.41) is 2.23. The van der Waals surface area contributed by atoms with Gasteiger partial charge in [0.1, 0.15) is 5.75 Å². The summed E-state index contributed by atoms with van der Waals surface area (Å²) in [6.45, 7) is 8.58. The van der Waals surface area contributed by atoms with E-state index in [0.717, 1.165) is 27.6 Å². The number of carbonyl (C=O) groups is 1. The fourth-order valence-corrected chi connectivity index (χ4v) is 5.34. The Morgan fingerprint density at radius 3 is 2.40 bits per heavy atom. The molecule has 4 atom stereocenters. The van der Waals surface area contributed by atoms with Crippen molar-refractivity contribution in [2.24, 2.45) is 17.3 Å². The second-order valence-corrected chi connectivity index (χ2v) is 9.58. The molecule has 0 aromatic heterocycles. The van der Waals surface area contributed by atoms with Crippen LogP contribution in [0, 0.1) is 17.3 Å². The molecule has 2 heterocycles. The van der Waals surface area contributed by atoms with Gasteiger partial charge in [-0.1, -0.05) is 82.3 Å². The number of benzene rings is 3. The average molecular weight is 401 g/mol. The molecular formula is C27H28O3. The number of rotatable bonds is 3. The highest BCUT2D eigenvalue weighted by atomic mass is 16.7. The van der Waals surface area contributed by atoms with Gasteiger partial charge in [0.15, 0.2) is 5.78 Å². The van der Waals surface area contributed by atoms with Gasteiger partial charge < -0.3 is 9.47 Å². The van der Waals surface area contributed by atoms with Crippen LogP contribution in [0.2, 0.25) is 0 Å². The van der Waals surface area contributed by atoms with Crippen LogP contribution in [0.5, 0.6) is 5.75 Å². The van der Waals surface area contributed by atoms with Crippen LogP contribution in [-0.2, 0) is 4.74 Å². The monoisotopic (exact) mass is 400 g/mol. The number of carbonyl (C=O) groups excluding carboxylic acids is 1. The molecule has 2 aliphatic heterocycles. The second-order valence-electron chi connectivity index (χ2n) is 9.58. The molecule has 30 heavy (non-hydrogen) atoms. The first kappa shape index (κ1) is 19.3. The summed E-state index contributed by atoms with van der Waals surface area (Å²) >= 11 is 0. The Hall–Kier alpha value is -2.65. The van der Waals surface area contributed by atoms with Gasteiger partial charge in [-0.3, -0.25) is 4.79 Å². The maximum atomic E-state index is 14.0. The molecule has 0 unspecified atom stereocenters. The fraction of sp³-hybridized carbons (Fsp3) is 0.370. The summed E-state index contributed by atoms with van der Waals surface area (Å²) in [5.41, 5.74) is 1.56. The summed E-state index contributed by atoms with van der Waals surface area (Å²) in [4.78, 5) is 14.0. The first-order chi connectivity index (χ1) is 14.4. The maximum Gasteiger partial charge on any atom is 0.205 e. The molecule has 154 valence electrons. The van der Waals surface area contributed by atoms with Gasteiger partial charge in [-0.15, -0.1) is 0 Å². The van der Waals surface area contributed by atoms with Crippen LogP contribution in [0.25, 0.3) is 10.8 Å². The summed E-state index contributed by atoms with van der Waals surface area (Å²) in [5.74, 6) is 0.974. The highest BCUT2D eigenvalue weighted by Crippen LogP contribution is 2.57. The molecule has 0 N–H and O–H groups in total. The van der Waals surface area contributed by atoms with Crippen LogP contribution < -0.4 is 4.74 Å². The van der Waals surface area contributed by atoms with Gasteiger partial charge in [0.05, 0.1) is 12.0 Å². The smallest absolute Gasteiger partial charge is 0.205 e. The van der Waals surface area contributed by atoms with Gasteiger partial charge in [-0.05, 0) is 34.4 Å². The molecular weight excluding hydrogens is 372 g/mol. The molecule has 0 aliphatic carbocycles. The minimum Gasteiger partial charge on any atom is -0.464 e. The Morgan fingerprint density at radius 1 is 0.933 bits per heavy atom. The normalized spacial score (nSPS) is 26.8. The molecule has 0 amide bonds. The van der Waals surface area contributed by atoms with Crippen molar-refractivity contribution in [2.45, 2.75) is 46.0 Å². The molecule has 1 saturated heterocycles. The zero-order valence-electron chi connectivity index (χ0n) is 18.0. The quantitative estimate of drug-likeness (QED) is 0.490. The number of hydrogen-bond donors (Lipinski definition) is 0. The lowest BCUT2D eigenvalue weighted by Crippen LogP contribution is -2.59. The van der Waals surface area contributed by atoms with Crippen LogP contribution in [0.3, 0.4) is 0 Å². The Labute approximate surface area is 178 Å². The van der Waals surface area contributed by atoms with Crippen molar-refractivity contribution in [3.63, 3.8) is 0 Å². The predicted octanol–water partition coefficient (Wildman–Crippen LogP) is 6.22. The third-order valence-electron chi connectivity index (χ3n) is 6.88. The number of para-hydroxylation sites is 1. The lowest BCUT2D eigenvalue weighted by atomic mass is 9.60. The van der Waals surface area contributed by atoms with E-state index >= 15 is 0 Å². The minimum atomic E-state index is -0.356. The van der Waals surface area contributed by atoms with E-state index in [0.29, 0.717) is 0 Å². The zero-order valence-corrected chi connectivity index (χ0v) is 18.0. The fourth-order valence-electron chi connectivity index (χ4n) is 5.34. The Bertz CT molecular complexity index is 1110. The van der Waals surface area contributed by atoms with E-state index < -0.39 is 0 Å². The molecule has 0 radical (unpaired) electrons. The standard InChI is InChI=1S/C27H28O3/c1-16(2)25-22(24(28)19-14-13-17-9-5-6-10-18(17)15-19)23-20-11-7-8-12-21(20)29-26(30-25)27(23,3)4/h5-16,22-23,25-26H,1-4H3/t22-,23-,25-,26+/m0/s1. The van der Waals surface area contributed by atoms with Crippen molar-refractivity contribution in [2.75, 3.05) is 0 Å². The van der Waals surface area contributed by atoms with E-state index in [1.165, 1.54) is 0 Å². The number of fused-ring (bicyclic) bond motifs is 5. The van der Waals surface area contributed by atoms with E-state index in [4.69, 9.17) is 9.47 Å². The van der Waals surface area contributed by atoms with Gasteiger partial charge in [0.2, 0.25) is 6.29 Å². The second kappa shape index (κ2) is 6.95. The van der Waals surface area contributed by atoms with E-state index in [2.05, 4.69) is 45.9 Å². The molecule has 0 spiro atoms. The summed E-state index contributed by atoms with van der Waals surface area (Å²) < 4.78 is 12.7. The SMILES string of the molecule is CC(C)[C@@H]1O[C@H]2Oc3ccccc3[C@@H]([C@H]1C(=O)c1ccc3ccccc3c1)C2(C)C. The van der Waals surface area contributed by atoms with E-state index in [1.54, 1.807) is 0 Å². The number of ketones is 1. The molecule has 0 saturated carbocycles. The summed E-state index contributed by atoms with van der Waals surface area (Å²) in [7, 11) is 0. The Kier molecular flexibility index (Phi) is 4.48. The Morgan fingerprint density at radius 2 is 1.63 bits per heavy atom. The zero-order chi connectivity index (χ0) is 21.0. The largest absolute Gasteiger partial charge is 0.464 e. The van der Waals surface area contributed by atoms with Crippen molar-refractivity contribution in [3.8, 4) is 5.75 Å². The topological polar surface area (TPSA) is 35.5 Å². The third-order valence-corrected chi connectivity index (χ3v) is 6.88. The highest BCUT2D eigenvalue weighted by molar-refractivity contribution is 6.02. The third kappa shape index (κ3) is 2.87. The minimum absolute atomic E-state index is 0.0348. The van der Waals surface area contributed by atoms with E-state index in [9.17, 15) is 4.79 Å². The maximum absolute atomic E-state index is 14.0. The molecule has 2 bridgehead atoms. The van der Waals surface area contributed by atoms with Crippen LogP contribution in [0.4, 0.5) is 0 Å². The van der Waals surface area contributed by atoms with E-state index in [-0.39, 0.29) is 41.3 Å². The number of hydrogen-bond acceptors (Lipinski definition) is 3. The molecule has 2 aliphatic rings. The van der Waals surface area contributed by atoms with Gasteiger partial charge in [0, 0.05) is 16.9 Å². The highest BCUT2D eigenvalue weighted by Gasteiger charge is 2.58. The van der Waals surface area contributed by atoms with Crippen molar-refractivity contribution < 1.29 is 14.3 Å². The van der Waals surface area contributed by atoms with Gasteiger partial charge in [-0.2, -0.15) is 0 Å². The Balaban J connectivity index is 1.65. The first-order valence-electron chi connectivity index (χ1n) is 10.8. The summed E-state index contributed by atoms with van der Waals surface area (Å²) in [6.07, 6.45) is -0.550. The number of Topliss-reactive ketones (excluding diaryl/α,β-unsaturated/α-hetero) is 1. The van der Waals surface area contributed by atoms with Crippen LogP contribution in [0.1, 0.15) is 49.5 Å². The summed E-state index contributed by atoms with van der Waals surface area (Å²) in [6, 6.07) is 22.3. The van der Waals surface area contributed by atoms with Crippen molar-refractivity contribution in [1.82, 2.24) is 0 Å². The van der Waals surface area contributed by atoms with Gasteiger partial charge >= 0.3 is 0 Å². The van der Waals surface area contributed by atoms with Crippen LogP contribution >= 0.6 is 0 Å². The number of ether oxygens (including phenoxy) is 2. The van der Waals surface area contributed by atoms with Crippen molar-refractivity contribution in [3.05, 3.63) is 77.9 Å². The lowest BCUT2D eigenvalue weighted by molar-refractivity contribution is -0.249. The molecule has 3 aromatic rings.